The van der Waals surface area contributed by atoms with Gasteiger partial charge in [-0.1, -0.05) is 6.58 Å². The molecule has 0 bridgehead atoms. The molecule has 1 N–H and O–H groups in total. The summed E-state index contributed by atoms with van der Waals surface area (Å²) in [5, 5.41) is 3.38. The van der Waals surface area contributed by atoms with Crippen molar-refractivity contribution in [3.63, 3.8) is 0 Å². The van der Waals surface area contributed by atoms with Crippen molar-refractivity contribution in [2.24, 2.45) is 0 Å². The minimum atomic E-state index is 1.10. The first-order valence-corrected chi connectivity index (χ1v) is 6.17. The summed E-state index contributed by atoms with van der Waals surface area (Å²) in [6.07, 6.45) is 2.75. The molecule has 0 spiro atoms. The van der Waals surface area contributed by atoms with E-state index < -0.39 is 0 Å². The first-order valence-electron chi connectivity index (χ1n) is 6.17. The van der Waals surface area contributed by atoms with Gasteiger partial charge in [0.05, 0.1) is 0 Å². The Morgan fingerprint density at radius 3 is 2.07 bits per heavy atom. The van der Waals surface area contributed by atoms with E-state index in [1.807, 2.05) is 0 Å². The highest BCUT2D eigenvalue weighted by Gasteiger charge is 2.15. The number of nitrogens with one attached hydrogen (secondary N) is 1. The van der Waals surface area contributed by atoms with Crippen LogP contribution in [0.4, 0.5) is 0 Å². The van der Waals surface area contributed by atoms with Gasteiger partial charge in [-0.05, 0) is 31.5 Å². The Labute approximate surface area is 93.1 Å². The molecule has 2 saturated heterocycles. The Morgan fingerprint density at radius 1 is 0.933 bits per heavy atom. The predicted octanol–water partition coefficient (Wildman–Crippen LogP) is 0.544. The molecule has 0 unspecified atom stereocenters. The van der Waals surface area contributed by atoms with Crippen molar-refractivity contribution in [3.05, 3.63) is 12.2 Å². The zero-order valence-corrected chi connectivity index (χ0v) is 9.67. The van der Waals surface area contributed by atoms with E-state index in [9.17, 15) is 0 Å². The highest BCUT2D eigenvalue weighted by Crippen LogP contribution is 2.10. The van der Waals surface area contributed by atoms with Gasteiger partial charge in [0.15, 0.2) is 0 Å². The molecule has 0 aromatic rings. The van der Waals surface area contributed by atoms with Crippen LogP contribution in [0.25, 0.3) is 0 Å². The van der Waals surface area contributed by atoms with E-state index in [-0.39, 0.29) is 0 Å². The van der Waals surface area contributed by atoms with Gasteiger partial charge in [0.1, 0.15) is 0 Å². The molecule has 2 aliphatic rings. The molecule has 0 amide bonds. The Morgan fingerprint density at radius 2 is 1.47 bits per heavy atom. The molecule has 2 aliphatic heterocycles. The van der Waals surface area contributed by atoms with Crippen molar-refractivity contribution in [3.8, 4) is 0 Å². The van der Waals surface area contributed by atoms with Crippen LogP contribution in [0.1, 0.15) is 12.8 Å². The summed E-state index contributed by atoms with van der Waals surface area (Å²) < 4.78 is 0. The summed E-state index contributed by atoms with van der Waals surface area (Å²) in [4.78, 5) is 5.04. The quantitative estimate of drug-likeness (QED) is 0.682. The van der Waals surface area contributed by atoms with Crippen molar-refractivity contribution in [1.82, 2.24) is 15.1 Å². The summed E-state index contributed by atoms with van der Waals surface area (Å²) in [5.41, 5.74) is 1.39. The van der Waals surface area contributed by atoms with Crippen LogP contribution >= 0.6 is 0 Å². The molecular formula is C12H23N3. The van der Waals surface area contributed by atoms with Crippen LogP contribution in [-0.2, 0) is 0 Å². The summed E-state index contributed by atoms with van der Waals surface area (Å²) in [7, 11) is 0. The monoisotopic (exact) mass is 209 g/mol. The Hall–Kier alpha value is -0.380. The van der Waals surface area contributed by atoms with Crippen LogP contribution < -0.4 is 5.32 Å². The van der Waals surface area contributed by atoms with E-state index >= 15 is 0 Å². The number of hydrogen-bond donors (Lipinski definition) is 1. The van der Waals surface area contributed by atoms with E-state index in [4.69, 9.17) is 0 Å². The molecule has 2 heterocycles. The lowest BCUT2D eigenvalue weighted by Crippen LogP contribution is -2.44. The first kappa shape index (κ1) is 11.1. The normalized spacial score (nSPS) is 24.5. The molecule has 0 saturated carbocycles. The number of rotatable bonds is 4. The molecule has 0 aromatic carbocycles. The number of likely N-dealkylation sites (tertiary alicyclic amines) is 1. The van der Waals surface area contributed by atoms with Crippen LogP contribution in [0.2, 0.25) is 0 Å². The molecule has 0 atom stereocenters. The topological polar surface area (TPSA) is 18.5 Å². The molecule has 0 aliphatic carbocycles. The zero-order chi connectivity index (χ0) is 10.5. The minimum Gasteiger partial charge on any atom is -0.314 e. The Kier molecular flexibility index (Phi) is 4.18. The van der Waals surface area contributed by atoms with Crippen molar-refractivity contribution in [1.29, 1.82) is 0 Å². The summed E-state index contributed by atoms with van der Waals surface area (Å²) in [6.45, 7) is 13.6. The van der Waals surface area contributed by atoms with Crippen LogP contribution in [0.15, 0.2) is 12.2 Å². The van der Waals surface area contributed by atoms with Gasteiger partial charge in [0, 0.05) is 39.3 Å². The van der Waals surface area contributed by atoms with E-state index in [1.165, 1.54) is 44.6 Å². The lowest BCUT2D eigenvalue weighted by molar-refractivity contribution is 0.250. The van der Waals surface area contributed by atoms with Gasteiger partial charge in [0.2, 0.25) is 0 Å². The second kappa shape index (κ2) is 5.64. The summed E-state index contributed by atoms with van der Waals surface area (Å²) in [5.74, 6) is 0. The summed E-state index contributed by atoms with van der Waals surface area (Å²) in [6, 6.07) is 0. The Bertz CT molecular complexity index is 203. The maximum absolute atomic E-state index is 4.21. The zero-order valence-electron chi connectivity index (χ0n) is 9.67. The molecule has 0 aromatic heterocycles. The SMILES string of the molecule is C=C(CN1CCCC1)CN1CCNCC1. The van der Waals surface area contributed by atoms with Gasteiger partial charge in [-0.25, -0.2) is 0 Å². The minimum absolute atomic E-state index is 1.10. The van der Waals surface area contributed by atoms with Crippen molar-refractivity contribution >= 4 is 0 Å². The number of nitrogens with zero attached hydrogens (tertiary/aromatic N) is 2. The van der Waals surface area contributed by atoms with Gasteiger partial charge in [-0.15, -0.1) is 0 Å². The van der Waals surface area contributed by atoms with Gasteiger partial charge < -0.3 is 5.32 Å². The molecule has 2 rings (SSSR count). The van der Waals surface area contributed by atoms with Crippen LogP contribution in [0.5, 0.6) is 0 Å². The van der Waals surface area contributed by atoms with Gasteiger partial charge in [-0.2, -0.15) is 0 Å². The number of piperazine rings is 1. The second-order valence-corrected chi connectivity index (χ2v) is 4.76. The first-order chi connectivity index (χ1) is 7.34. The molecule has 3 nitrogen and oxygen atoms in total. The Balaban J connectivity index is 1.66. The van der Waals surface area contributed by atoms with E-state index in [0.717, 1.165) is 26.2 Å². The standard InChI is InChI=1S/C12H23N3/c1-12(10-14-6-2-3-7-14)11-15-8-4-13-5-9-15/h13H,1-11H2. The molecule has 0 radical (unpaired) electrons. The average molecular weight is 209 g/mol. The molecule has 86 valence electrons. The van der Waals surface area contributed by atoms with Crippen LogP contribution in [-0.4, -0.2) is 62.2 Å². The molecule has 3 heteroatoms. The third kappa shape index (κ3) is 3.59. The van der Waals surface area contributed by atoms with Gasteiger partial charge >= 0.3 is 0 Å². The average Bonchev–Trinajstić information content (AvgIpc) is 2.71. The summed E-state index contributed by atoms with van der Waals surface area (Å²) >= 11 is 0. The fraction of sp³-hybridized carbons (Fsp3) is 0.833. The lowest BCUT2D eigenvalue weighted by Gasteiger charge is -2.28. The third-order valence-corrected chi connectivity index (χ3v) is 3.30. The molecule has 15 heavy (non-hydrogen) atoms. The van der Waals surface area contributed by atoms with Crippen molar-refractivity contribution in [2.45, 2.75) is 12.8 Å². The second-order valence-electron chi connectivity index (χ2n) is 4.76. The highest BCUT2D eigenvalue weighted by atomic mass is 15.2. The van der Waals surface area contributed by atoms with E-state index in [1.54, 1.807) is 0 Å². The van der Waals surface area contributed by atoms with E-state index in [2.05, 4.69) is 21.7 Å². The third-order valence-electron chi connectivity index (χ3n) is 3.30. The van der Waals surface area contributed by atoms with Crippen LogP contribution in [0, 0.1) is 0 Å². The molecule has 2 fully saturated rings. The fourth-order valence-electron chi connectivity index (χ4n) is 2.49. The molecular weight excluding hydrogens is 186 g/mol. The largest absolute Gasteiger partial charge is 0.314 e. The predicted molar refractivity (Wildman–Crippen MR) is 64.1 cm³/mol. The van der Waals surface area contributed by atoms with Crippen LogP contribution in [0.3, 0.4) is 0 Å². The maximum Gasteiger partial charge on any atom is 0.0204 e. The van der Waals surface area contributed by atoms with Crippen molar-refractivity contribution in [2.75, 3.05) is 52.4 Å². The van der Waals surface area contributed by atoms with Gasteiger partial charge in [-0.3, -0.25) is 9.80 Å². The fourth-order valence-corrected chi connectivity index (χ4v) is 2.49. The van der Waals surface area contributed by atoms with Gasteiger partial charge in [0.25, 0.3) is 0 Å². The number of hydrogen-bond acceptors (Lipinski definition) is 3. The van der Waals surface area contributed by atoms with Crippen molar-refractivity contribution < 1.29 is 0 Å². The maximum atomic E-state index is 4.21. The van der Waals surface area contributed by atoms with E-state index in [0.29, 0.717) is 0 Å². The smallest absolute Gasteiger partial charge is 0.0204 e. The highest BCUT2D eigenvalue weighted by molar-refractivity contribution is 5.01. The lowest BCUT2D eigenvalue weighted by atomic mass is 10.2.